The maximum Gasteiger partial charge on any atom is 0.331 e. The van der Waals surface area contributed by atoms with Crippen LogP contribution in [0.3, 0.4) is 0 Å². The average molecular weight is 210 g/mol. The molecule has 0 aliphatic carbocycles. The molecule has 4 nitrogen and oxygen atoms in total. The molecule has 0 unspecified atom stereocenters. The molecule has 0 heterocycles. The summed E-state index contributed by atoms with van der Waals surface area (Å²) < 4.78 is 0. The fourth-order valence-electron chi connectivity index (χ4n) is 0.513. The minimum absolute atomic E-state index is 0.269. The molecule has 0 fully saturated rings. The first-order valence-corrected chi connectivity index (χ1v) is 3.95. The van der Waals surface area contributed by atoms with Crippen molar-refractivity contribution in [1.29, 1.82) is 0 Å². The van der Waals surface area contributed by atoms with Crippen LogP contribution in [0.4, 0.5) is 0 Å². The van der Waals surface area contributed by atoms with Crippen molar-refractivity contribution >= 4 is 11.9 Å². The van der Waals surface area contributed by atoms with Gasteiger partial charge in [0, 0.05) is 11.6 Å². The van der Waals surface area contributed by atoms with E-state index in [9.17, 15) is 9.59 Å². The Labute approximate surface area is 88.5 Å². The van der Waals surface area contributed by atoms with Gasteiger partial charge in [-0.15, -0.1) is 0 Å². The topological polar surface area (TPSA) is 74.6 Å². The van der Waals surface area contributed by atoms with Gasteiger partial charge in [-0.2, -0.15) is 0 Å². The molecule has 0 aromatic rings. The van der Waals surface area contributed by atoms with E-state index in [2.05, 4.69) is 19.7 Å². The molecular formula is C11H14O4. The highest BCUT2D eigenvalue weighted by molar-refractivity contribution is 5.88. The Bertz CT molecular complexity index is 301. The summed E-state index contributed by atoms with van der Waals surface area (Å²) in [5, 5.41) is 16.1. The van der Waals surface area contributed by atoms with Gasteiger partial charge in [0.1, 0.15) is 0 Å². The van der Waals surface area contributed by atoms with Gasteiger partial charge in [-0.25, -0.2) is 9.59 Å². The van der Waals surface area contributed by atoms with Crippen LogP contribution in [-0.4, -0.2) is 22.2 Å². The summed E-state index contributed by atoms with van der Waals surface area (Å²) in [6.07, 6.45) is 3.77. The Morgan fingerprint density at radius 1 is 1.00 bits per heavy atom. The van der Waals surface area contributed by atoms with Crippen LogP contribution in [-0.2, 0) is 9.59 Å². The van der Waals surface area contributed by atoms with Crippen LogP contribution >= 0.6 is 0 Å². The van der Waals surface area contributed by atoms with Gasteiger partial charge in [-0.1, -0.05) is 31.9 Å². The number of carboxylic acid groups (broad SMARTS) is 2. The number of allylic oxidation sites excluding steroid dienone is 3. The molecule has 0 amide bonds. The summed E-state index contributed by atoms with van der Waals surface area (Å²) in [6.45, 7) is 11.4. The third kappa shape index (κ3) is 8.24. The van der Waals surface area contributed by atoms with Crippen LogP contribution in [0.2, 0.25) is 0 Å². The fraction of sp³-hybridized carbons (Fsp3) is 0.0909. The average Bonchev–Trinajstić information content (AvgIpc) is 2.20. The zero-order chi connectivity index (χ0) is 12.4. The van der Waals surface area contributed by atoms with Gasteiger partial charge in [-0.05, 0) is 12.5 Å². The molecule has 0 aromatic carbocycles. The quantitative estimate of drug-likeness (QED) is 0.549. The lowest BCUT2D eigenvalue weighted by Crippen LogP contribution is -1.98. The van der Waals surface area contributed by atoms with E-state index in [0.29, 0.717) is 5.57 Å². The lowest BCUT2D eigenvalue weighted by Gasteiger charge is -1.95. The lowest BCUT2D eigenvalue weighted by molar-refractivity contribution is -0.133. The third-order valence-electron chi connectivity index (χ3n) is 1.37. The van der Waals surface area contributed by atoms with Crippen LogP contribution in [0.5, 0.6) is 0 Å². The Balaban J connectivity index is 0. The summed E-state index contributed by atoms with van der Waals surface area (Å²) in [5.41, 5.74) is 0.831. The van der Waals surface area contributed by atoms with Crippen molar-refractivity contribution in [3.8, 4) is 0 Å². The largest absolute Gasteiger partial charge is 0.478 e. The first kappa shape index (κ1) is 15.4. The Hall–Kier alpha value is -2.10. The molecule has 15 heavy (non-hydrogen) atoms. The molecule has 0 atom stereocenters. The number of carbonyl (C=O) groups is 2. The van der Waals surface area contributed by atoms with Gasteiger partial charge in [-0.3, -0.25) is 0 Å². The number of hydrogen-bond acceptors (Lipinski definition) is 2. The van der Waals surface area contributed by atoms with Gasteiger partial charge in [0.05, 0.1) is 0 Å². The Morgan fingerprint density at radius 2 is 1.33 bits per heavy atom. The molecule has 0 aliphatic heterocycles. The monoisotopic (exact) mass is 210 g/mol. The van der Waals surface area contributed by atoms with E-state index >= 15 is 0 Å². The minimum Gasteiger partial charge on any atom is -0.478 e. The zero-order valence-electron chi connectivity index (χ0n) is 8.56. The van der Waals surface area contributed by atoms with Gasteiger partial charge >= 0.3 is 11.9 Å². The van der Waals surface area contributed by atoms with E-state index in [1.165, 1.54) is 19.1 Å². The Kier molecular flexibility index (Phi) is 8.71. The van der Waals surface area contributed by atoms with E-state index in [0.717, 1.165) is 6.08 Å². The molecule has 0 saturated heterocycles. The molecule has 0 saturated carbocycles. The number of aliphatic carboxylic acids is 2. The lowest BCUT2D eigenvalue weighted by atomic mass is 10.1. The van der Waals surface area contributed by atoms with E-state index in [4.69, 9.17) is 10.2 Å². The van der Waals surface area contributed by atoms with Crippen molar-refractivity contribution in [2.45, 2.75) is 6.92 Å². The van der Waals surface area contributed by atoms with Crippen molar-refractivity contribution in [3.63, 3.8) is 0 Å². The van der Waals surface area contributed by atoms with E-state index < -0.39 is 11.9 Å². The number of hydrogen-bond donors (Lipinski definition) is 2. The molecule has 0 bridgehead atoms. The van der Waals surface area contributed by atoms with Crippen LogP contribution in [0.25, 0.3) is 0 Å². The Morgan fingerprint density at radius 3 is 1.40 bits per heavy atom. The first-order valence-electron chi connectivity index (χ1n) is 3.95. The minimum atomic E-state index is -0.981. The first-order chi connectivity index (χ1) is 6.90. The maximum absolute atomic E-state index is 10.3. The second-order valence-corrected chi connectivity index (χ2v) is 2.34. The van der Waals surface area contributed by atoms with Gasteiger partial charge in [0.25, 0.3) is 0 Å². The summed E-state index contributed by atoms with van der Waals surface area (Å²) in [4.78, 5) is 19.6. The molecule has 0 aliphatic rings. The molecule has 82 valence electrons. The second-order valence-electron chi connectivity index (χ2n) is 2.34. The standard InChI is InChI=1S/C8H10O2.C3H4O2/c1-4-7(5-2)6(3)8(9)10;1-2-3(4)5/h4-5H,1-2H2,3H3,(H,9,10);2H,1H2,(H,4,5). The second kappa shape index (κ2) is 8.50. The van der Waals surface area contributed by atoms with Gasteiger partial charge in [0.2, 0.25) is 0 Å². The highest BCUT2D eigenvalue weighted by Crippen LogP contribution is 2.05. The summed E-state index contributed by atoms with van der Waals surface area (Å²) in [5.74, 6) is -1.92. The highest BCUT2D eigenvalue weighted by atomic mass is 16.4. The van der Waals surface area contributed by atoms with Crippen LogP contribution < -0.4 is 0 Å². The van der Waals surface area contributed by atoms with Crippen LogP contribution in [0.15, 0.2) is 49.1 Å². The van der Waals surface area contributed by atoms with Crippen molar-refractivity contribution in [3.05, 3.63) is 49.1 Å². The zero-order valence-corrected chi connectivity index (χ0v) is 8.56. The predicted molar refractivity (Wildman–Crippen MR) is 58.6 cm³/mol. The maximum atomic E-state index is 10.3. The van der Waals surface area contributed by atoms with Crippen molar-refractivity contribution in [1.82, 2.24) is 0 Å². The molecule has 2 N–H and O–H groups in total. The van der Waals surface area contributed by atoms with E-state index in [1.807, 2.05) is 0 Å². The highest BCUT2D eigenvalue weighted by Gasteiger charge is 2.02. The van der Waals surface area contributed by atoms with E-state index in [1.54, 1.807) is 0 Å². The van der Waals surface area contributed by atoms with Crippen LogP contribution in [0.1, 0.15) is 6.92 Å². The molecule has 0 rings (SSSR count). The summed E-state index contributed by atoms with van der Waals surface area (Å²) in [7, 11) is 0. The third-order valence-corrected chi connectivity index (χ3v) is 1.37. The fourth-order valence-corrected chi connectivity index (χ4v) is 0.513. The molecule has 0 radical (unpaired) electrons. The van der Waals surface area contributed by atoms with Gasteiger partial charge in [0.15, 0.2) is 0 Å². The predicted octanol–water partition coefficient (Wildman–Crippen LogP) is 2.02. The van der Waals surface area contributed by atoms with Gasteiger partial charge < -0.3 is 10.2 Å². The number of rotatable bonds is 4. The molecule has 0 spiro atoms. The smallest absolute Gasteiger partial charge is 0.331 e. The molecular weight excluding hydrogens is 196 g/mol. The van der Waals surface area contributed by atoms with Crippen molar-refractivity contribution in [2.75, 3.05) is 0 Å². The normalized spacial score (nSPS) is 7.53. The van der Waals surface area contributed by atoms with Crippen LogP contribution in [0, 0.1) is 0 Å². The summed E-state index contributed by atoms with van der Waals surface area (Å²) in [6, 6.07) is 0. The van der Waals surface area contributed by atoms with E-state index in [-0.39, 0.29) is 5.57 Å². The SMILES string of the molecule is C=CC(=O)O.C=CC(C=C)=C(C)C(=O)O. The molecule has 4 heteroatoms. The van der Waals surface area contributed by atoms with Crippen molar-refractivity contribution < 1.29 is 19.8 Å². The number of carboxylic acids is 2. The molecule has 0 aromatic heterocycles. The van der Waals surface area contributed by atoms with Crippen molar-refractivity contribution in [2.24, 2.45) is 0 Å². The summed E-state index contributed by atoms with van der Waals surface area (Å²) >= 11 is 0.